The average Bonchev–Trinajstić information content (AvgIpc) is 2.72. The molecule has 3 heteroatoms. The van der Waals surface area contributed by atoms with Crippen molar-refractivity contribution < 1.29 is 9.84 Å². The molecule has 94 valence electrons. The number of nitrogens with zero attached hydrogens (tertiary/aromatic N) is 1. The van der Waals surface area contributed by atoms with E-state index in [1.54, 1.807) is 0 Å². The molecule has 1 aromatic rings. The fraction of sp³-hybridized carbons (Fsp3) is 0.571. The van der Waals surface area contributed by atoms with Crippen LogP contribution in [0.15, 0.2) is 24.3 Å². The molecule has 1 aliphatic rings. The highest BCUT2D eigenvalue weighted by molar-refractivity contribution is 5.50. The molecule has 1 heterocycles. The van der Waals surface area contributed by atoms with Crippen LogP contribution < -0.4 is 9.64 Å². The number of benzene rings is 1. The lowest BCUT2D eigenvalue weighted by atomic mass is 10.0. The van der Waals surface area contributed by atoms with E-state index >= 15 is 0 Å². The van der Waals surface area contributed by atoms with Gasteiger partial charge in [0.1, 0.15) is 5.75 Å². The molecular weight excluding hydrogens is 214 g/mol. The van der Waals surface area contributed by atoms with Gasteiger partial charge in [0.2, 0.25) is 0 Å². The van der Waals surface area contributed by atoms with E-state index in [9.17, 15) is 5.11 Å². The predicted octanol–water partition coefficient (Wildman–Crippen LogP) is 2.29. The summed E-state index contributed by atoms with van der Waals surface area (Å²) < 4.78 is 5.43. The van der Waals surface area contributed by atoms with E-state index in [4.69, 9.17) is 4.74 Å². The largest absolute Gasteiger partial charge is 0.494 e. The van der Waals surface area contributed by atoms with Crippen LogP contribution in [0.4, 0.5) is 5.69 Å². The van der Waals surface area contributed by atoms with E-state index in [1.165, 1.54) is 5.69 Å². The van der Waals surface area contributed by atoms with Gasteiger partial charge < -0.3 is 14.7 Å². The fourth-order valence-electron chi connectivity index (χ4n) is 2.51. The van der Waals surface area contributed by atoms with Crippen molar-refractivity contribution in [2.24, 2.45) is 5.92 Å². The molecule has 1 N–H and O–H groups in total. The maximum atomic E-state index is 9.27. The number of hydrogen-bond acceptors (Lipinski definition) is 3. The van der Waals surface area contributed by atoms with Crippen LogP contribution in [0.25, 0.3) is 0 Å². The summed E-state index contributed by atoms with van der Waals surface area (Å²) in [7, 11) is 0. The summed E-state index contributed by atoms with van der Waals surface area (Å²) in [6, 6.07) is 8.64. The summed E-state index contributed by atoms with van der Waals surface area (Å²) in [5, 5.41) is 9.27. The Morgan fingerprint density at radius 2 is 2.06 bits per heavy atom. The Morgan fingerprint density at radius 3 is 2.59 bits per heavy atom. The number of ether oxygens (including phenoxy) is 1. The van der Waals surface area contributed by atoms with E-state index in [2.05, 4.69) is 24.0 Å². The van der Waals surface area contributed by atoms with Gasteiger partial charge in [-0.3, -0.25) is 0 Å². The first-order valence-electron chi connectivity index (χ1n) is 6.36. The average molecular weight is 235 g/mol. The molecule has 0 aliphatic carbocycles. The standard InChI is InChI=1S/C14H21NO2/c1-3-17-14-6-4-13(5-7-14)15-9-8-12(10-16)11(15)2/h4-7,11-12,16H,3,8-10H2,1-2H3. The SMILES string of the molecule is CCOc1ccc(N2CCC(CO)C2C)cc1. The summed E-state index contributed by atoms with van der Waals surface area (Å²) in [5.74, 6) is 1.32. The van der Waals surface area contributed by atoms with Gasteiger partial charge in [0.05, 0.1) is 6.61 Å². The Hall–Kier alpha value is -1.22. The minimum atomic E-state index is 0.286. The van der Waals surface area contributed by atoms with Gasteiger partial charge in [-0.2, -0.15) is 0 Å². The van der Waals surface area contributed by atoms with Crippen LogP contribution in [-0.2, 0) is 0 Å². The summed E-state index contributed by atoms with van der Waals surface area (Å²) in [6.07, 6.45) is 1.07. The van der Waals surface area contributed by atoms with Crippen molar-refractivity contribution in [3.8, 4) is 5.75 Å². The van der Waals surface area contributed by atoms with Crippen LogP contribution in [0.2, 0.25) is 0 Å². The number of hydrogen-bond donors (Lipinski definition) is 1. The Balaban J connectivity index is 2.07. The van der Waals surface area contributed by atoms with Gasteiger partial charge in [-0.05, 0) is 44.5 Å². The highest BCUT2D eigenvalue weighted by Gasteiger charge is 2.29. The molecule has 17 heavy (non-hydrogen) atoms. The molecule has 0 amide bonds. The van der Waals surface area contributed by atoms with Gasteiger partial charge in [-0.15, -0.1) is 0 Å². The highest BCUT2D eigenvalue weighted by atomic mass is 16.5. The van der Waals surface area contributed by atoms with Crippen molar-refractivity contribution in [3.63, 3.8) is 0 Å². The molecule has 2 unspecified atom stereocenters. The van der Waals surface area contributed by atoms with Gasteiger partial charge in [-0.25, -0.2) is 0 Å². The van der Waals surface area contributed by atoms with Crippen LogP contribution in [0, 0.1) is 5.92 Å². The van der Waals surface area contributed by atoms with E-state index in [1.807, 2.05) is 19.1 Å². The van der Waals surface area contributed by atoms with Crippen molar-refractivity contribution in [1.82, 2.24) is 0 Å². The van der Waals surface area contributed by atoms with Crippen LogP contribution in [0.5, 0.6) is 5.75 Å². The first-order chi connectivity index (χ1) is 8.26. The Bertz CT molecular complexity index is 350. The van der Waals surface area contributed by atoms with Crippen molar-refractivity contribution in [2.75, 3.05) is 24.7 Å². The molecule has 3 nitrogen and oxygen atoms in total. The molecule has 1 aliphatic heterocycles. The maximum Gasteiger partial charge on any atom is 0.119 e. The summed E-state index contributed by atoms with van der Waals surface area (Å²) in [4.78, 5) is 2.36. The number of rotatable bonds is 4. The van der Waals surface area contributed by atoms with Crippen molar-refractivity contribution in [3.05, 3.63) is 24.3 Å². The van der Waals surface area contributed by atoms with Crippen molar-refractivity contribution >= 4 is 5.69 Å². The zero-order valence-electron chi connectivity index (χ0n) is 10.6. The molecule has 2 rings (SSSR count). The van der Waals surface area contributed by atoms with E-state index in [0.717, 1.165) is 18.7 Å². The number of aliphatic hydroxyl groups is 1. The van der Waals surface area contributed by atoms with Crippen LogP contribution in [-0.4, -0.2) is 30.9 Å². The lowest BCUT2D eigenvalue weighted by molar-refractivity contribution is 0.221. The Labute approximate surface area is 103 Å². The molecule has 0 saturated carbocycles. The third kappa shape index (κ3) is 2.55. The summed E-state index contributed by atoms with van der Waals surface area (Å²) in [6.45, 7) is 6.19. The second-order valence-corrected chi connectivity index (χ2v) is 4.59. The van der Waals surface area contributed by atoms with Gasteiger partial charge >= 0.3 is 0 Å². The number of aliphatic hydroxyl groups excluding tert-OH is 1. The van der Waals surface area contributed by atoms with Gasteiger partial charge in [0.15, 0.2) is 0 Å². The molecule has 1 saturated heterocycles. The van der Waals surface area contributed by atoms with Gasteiger partial charge in [0, 0.05) is 30.8 Å². The van der Waals surface area contributed by atoms with Crippen molar-refractivity contribution in [2.45, 2.75) is 26.3 Å². The van der Waals surface area contributed by atoms with Gasteiger partial charge in [-0.1, -0.05) is 0 Å². The molecule has 0 spiro atoms. The minimum absolute atomic E-state index is 0.286. The minimum Gasteiger partial charge on any atom is -0.494 e. The van der Waals surface area contributed by atoms with E-state index in [0.29, 0.717) is 18.6 Å². The third-order valence-corrected chi connectivity index (χ3v) is 3.63. The van der Waals surface area contributed by atoms with E-state index in [-0.39, 0.29) is 6.61 Å². The zero-order valence-corrected chi connectivity index (χ0v) is 10.6. The lowest BCUT2D eigenvalue weighted by Crippen LogP contribution is -2.30. The van der Waals surface area contributed by atoms with Crippen molar-refractivity contribution in [1.29, 1.82) is 0 Å². The molecule has 0 aromatic heterocycles. The van der Waals surface area contributed by atoms with Crippen LogP contribution in [0.1, 0.15) is 20.3 Å². The third-order valence-electron chi connectivity index (χ3n) is 3.63. The molecule has 1 aromatic carbocycles. The molecule has 1 fully saturated rings. The van der Waals surface area contributed by atoms with Gasteiger partial charge in [0.25, 0.3) is 0 Å². The fourth-order valence-corrected chi connectivity index (χ4v) is 2.51. The quantitative estimate of drug-likeness (QED) is 0.869. The monoisotopic (exact) mass is 235 g/mol. The molecule has 0 bridgehead atoms. The maximum absolute atomic E-state index is 9.27. The molecule has 2 atom stereocenters. The number of anilines is 1. The second-order valence-electron chi connectivity index (χ2n) is 4.59. The molecule has 0 radical (unpaired) electrons. The lowest BCUT2D eigenvalue weighted by Gasteiger charge is -2.26. The molecular formula is C14H21NO2. The predicted molar refractivity (Wildman–Crippen MR) is 69.6 cm³/mol. The smallest absolute Gasteiger partial charge is 0.119 e. The summed E-state index contributed by atoms with van der Waals surface area (Å²) >= 11 is 0. The second kappa shape index (κ2) is 5.41. The topological polar surface area (TPSA) is 32.7 Å². The summed E-state index contributed by atoms with van der Waals surface area (Å²) in [5.41, 5.74) is 1.22. The van der Waals surface area contributed by atoms with Crippen LogP contribution >= 0.6 is 0 Å². The zero-order chi connectivity index (χ0) is 12.3. The highest BCUT2D eigenvalue weighted by Crippen LogP contribution is 2.30. The normalized spacial score (nSPS) is 24.1. The Kier molecular flexibility index (Phi) is 3.89. The first kappa shape index (κ1) is 12.2. The van der Waals surface area contributed by atoms with E-state index < -0.39 is 0 Å². The first-order valence-corrected chi connectivity index (χ1v) is 6.36. The Morgan fingerprint density at radius 1 is 1.35 bits per heavy atom. The van der Waals surface area contributed by atoms with Crippen LogP contribution in [0.3, 0.4) is 0 Å².